The van der Waals surface area contributed by atoms with Crippen LogP contribution in [0.4, 0.5) is 11.6 Å². The quantitative estimate of drug-likeness (QED) is 0.913. The predicted octanol–water partition coefficient (Wildman–Crippen LogP) is 1.14. The van der Waals surface area contributed by atoms with E-state index in [1.807, 2.05) is 30.0 Å². The van der Waals surface area contributed by atoms with Gasteiger partial charge in [0.25, 0.3) is 0 Å². The van der Waals surface area contributed by atoms with Gasteiger partial charge >= 0.3 is 0 Å². The summed E-state index contributed by atoms with van der Waals surface area (Å²) in [6, 6.07) is 7.64. The number of anilines is 2. The molecule has 1 amide bonds. The van der Waals surface area contributed by atoms with Gasteiger partial charge in [0.05, 0.1) is 6.54 Å². The number of hydrogen-bond acceptors (Lipinski definition) is 6. The van der Waals surface area contributed by atoms with Crippen LogP contribution in [-0.4, -0.2) is 53.7 Å². The Morgan fingerprint density at radius 3 is 2.77 bits per heavy atom. The Morgan fingerprint density at radius 2 is 2.14 bits per heavy atom. The molecule has 22 heavy (non-hydrogen) atoms. The third-order valence-corrected chi connectivity index (χ3v) is 3.65. The monoisotopic (exact) mass is 301 g/mol. The van der Waals surface area contributed by atoms with Crippen LogP contribution in [0.2, 0.25) is 0 Å². The van der Waals surface area contributed by atoms with Crippen LogP contribution in [0.3, 0.4) is 0 Å². The summed E-state index contributed by atoms with van der Waals surface area (Å²) in [4.78, 5) is 20.6. The van der Waals surface area contributed by atoms with Crippen molar-refractivity contribution in [2.75, 3.05) is 42.9 Å². The summed E-state index contributed by atoms with van der Waals surface area (Å²) in [7, 11) is 0. The van der Waals surface area contributed by atoms with E-state index in [-0.39, 0.29) is 12.5 Å². The van der Waals surface area contributed by atoms with Crippen LogP contribution in [0.15, 0.2) is 35.0 Å². The standard InChI is InChI=1S/C15H19N5O2/c1-12-10-13(18-22-12)17-11-15(21)20-8-6-19(7-9-20)14-4-2-3-5-16-14/h2-5,10H,6-9,11H2,1H3,(H,17,18). The molecule has 0 radical (unpaired) electrons. The van der Waals surface area contributed by atoms with E-state index in [1.165, 1.54) is 0 Å². The van der Waals surface area contributed by atoms with E-state index in [0.717, 1.165) is 24.7 Å². The molecule has 3 heterocycles. The molecule has 2 aromatic rings. The summed E-state index contributed by atoms with van der Waals surface area (Å²) < 4.78 is 4.95. The molecule has 0 bridgehead atoms. The van der Waals surface area contributed by atoms with Crippen molar-refractivity contribution in [3.63, 3.8) is 0 Å². The summed E-state index contributed by atoms with van der Waals surface area (Å²) in [5.41, 5.74) is 0. The van der Waals surface area contributed by atoms with Gasteiger partial charge in [-0.25, -0.2) is 4.98 Å². The number of carbonyl (C=O) groups excluding carboxylic acids is 1. The molecule has 1 fully saturated rings. The van der Waals surface area contributed by atoms with Gasteiger partial charge in [0, 0.05) is 38.4 Å². The molecule has 2 aromatic heterocycles. The number of amides is 1. The number of rotatable bonds is 4. The SMILES string of the molecule is Cc1cc(NCC(=O)N2CCN(c3ccccn3)CC2)no1. The Hall–Kier alpha value is -2.57. The first-order chi connectivity index (χ1) is 10.7. The lowest BCUT2D eigenvalue weighted by Crippen LogP contribution is -2.50. The fraction of sp³-hybridized carbons (Fsp3) is 0.400. The van der Waals surface area contributed by atoms with Gasteiger partial charge < -0.3 is 19.6 Å². The topological polar surface area (TPSA) is 74.5 Å². The van der Waals surface area contributed by atoms with Crippen molar-refractivity contribution in [2.45, 2.75) is 6.92 Å². The second-order valence-electron chi connectivity index (χ2n) is 5.23. The van der Waals surface area contributed by atoms with E-state index in [1.54, 1.807) is 12.3 Å². The Bertz CT molecular complexity index is 620. The van der Waals surface area contributed by atoms with Crippen molar-refractivity contribution in [3.05, 3.63) is 36.2 Å². The lowest BCUT2D eigenvalue weighted by atomic mass is 10.3. The van der Waals surface area contributed by atoms with Crippen LogP contribution in [0.5, 0.6) is 0 Å². The number of carbonyl (C=O) groups is 1. The van der Waals surface area contributed by atoms with Gasteiger partial charge in [-0.2, -0.15) is 0 Å². The summed E-state index contributed by atoms with van der Waals surface area (Å²) >= 11 is 0. The van der Waals surface area contributed by atoms with Crippen molar-refractivity contribution in [3.8, 4) is 0 Å². The molecular weight excluding hydrogens is 282 g/mol. The summed E-state index contributed by atoms with van der Waals surface area (Å²) in [5, 5.41) is 6.79. The predicted molar refractivity (Wildman–Crippen MR) is 82.8 cm³/mol. The molecular formula is C15H19N5O2. The van der Waals surface area contributed by atoms with Gasteiger partial charge in [-0.15, -0.1) is 0 Å². The van der Waals surface area contributed by atoms with Crippen molar-refractivity contribution < 1.29 is 9.32 Å². The van der Waals surface area contributed by atoms with Crippen LogP contribution in [0.25, 0.3) is 0 Å². The van der Waals surface area contributed by atoms with Crippen LogP contribution in [0, 0.1) is 6.92 Å². The van der Waals surface area contributed by atoms with E-state index >= 15 is 0 Å². The molecule has 3 rings (SSSR count). The summed E-state index contributed by atoms with van der Waals surface area (Å²) in [5.74, 6) is 2.35. The molecule has 0 aliphatic carbocycles. The smallest absolute Gasteiger partial charge is 0.242 e. The molecule has 0 spiro atoms. The fourth-order valence-electron chi connectivity index (χ4n) is 2.45. The highest BCUT2D eigenvalue weighted by molar-refractivity contribution is 5.80. The minimum Gasteiger partial charge on any atom is -0.360 e. The van der Waals surface area contributed by atoms with Crippen LogP contribution in [0.1, 0.15) is 5.76 Å². The Morgan fingerprint density at radius 1 is 1.32 bits per heavy atom. The maximum atomic E-state index is 12.2. The van der Waals surface area contributed by atoms with Gasteiger partial charge in [-0.05, 0) is 19.1 Å². The molecule has 0 atom stereocenters. The van der Waals surface area contributed by atoms with Gasteiger partial charge in [-0.3, -0.25) is 4.79 Å². The maximum Gasteiger partial charge on any atom is 0.242 e. The lowest BCUT2D eigenvalue weighted by molar-refractivity contribution is -0.129. The zero-order chi connectivity index (χ0) is 15.4. The number of aryl methyl sites for hydroxylation is 1. The molecule has 7 nitrogen and oxygen atoms in total. The first kappa shape index (κ1) is 14.4. The Labute approximate surface area is 128 Å². The van der Waals surface area contributed by atoms with E-state index in [2.05, 4.69) is 20.4 Å². The van der Waals surface area contributed by atoms with Crippen molar-refractivity contribution >= 4 is 17.5 Å². The maximum absolute atomic E-state index is 12.2. The van der Waals surface area contributed by atoms with Crippen LogP contribution >= 0.6 is 0 Å². The molecule has 1 saturated heterocycles. The molecule has 0 saturated carbocycles. The number of nitrogens with zero attached hydrogens (tertiary/aromatic N) is 4. The summed E-state index contributed by atoms with van der Waals surface area (Å²) in [6.07, 6.45) is 1.79. The molecule has 1 N–H and O–H groups in total. The average molecular weight is 301 g/mol. The normalized spacial score (nSPS) is 15.0. The molecule has 7 heteroatoms. The van der Waals surface area contributed by atoms with Crippen molar-refractivity contribution in [1.82, 2.24) is 15.0 Å². The second kappa shape index (κ2) is 6.46. The minimum absolute atomic E-state index is 0.0707. The number of piperazine rings is 1. The highest BCUT2D eigenvalue weighted by Gasteiger charge is 2.21. The third-order valence-electron chi connectivity index (χ3n) is 3.65. The molecule has 0 unspecified atom stereocenters. The van der Waals surface area contributed by atoms with Crippen molar-refractivity contribution in [2.24, 2.45) is 0 Å². The Kier molecular flexibility index (Phi) is 4.22. The molecule has 116 valence electrons. The van der Waals surface area contributed by atoms with Crippen molar-refractivity contribution in [1.29, 1.82) is 0 Å². The van der Waals surface area contributed by atoms with Gasteiger partial charge in [-0.1, -0.05) is 11.2 Å². The van der Waals surface area contributed by atoms with Gasteiger partial charge in [0.2, 0.25) is 5.91 Å². The third kappa shape index (κ3) is 3.36. The van der Waals surface area contributed by atoms with Gasteiger partial charge in [0.1, 0.15) is 11.6 Å². The highest BCUT2D eigenvalue weighted by Crippen LogP contribution is 2.13. The number of aromatic nitrogens is 2. The number of pyridine rings is 1. The van der Waals surface area contributed by atoms with Crippen LogP contribution < -0.4 is 10.2 Å². The highest BCUT2D eigenvalue weighted by atomic mass is 16.5. The zero-order valence-corrected chi connectivity index (χ0v) is 12.5. The largest absolute Gasteiger partial charge is 0.360 e. The first-order valence-corrected chi connectivity index (χ1v) is 7.33. The van der Waals surface area contributed by atoms with E-state index in [9.17, 15) is 4.79 Å². The van der Waals surface area contributed by atoms with E-state index in [4.69, 9.17) is 4.52 Å². The average Bonchev–Trinajstić information content (AvgIpc) is 2.99. The second-order valence-corrected chi connectivity index (χ2v) is 5.23. The van der Waals surface area contributed by atoms with Gasteiger partial charge in [0.15, 0.2) is 5.82 Å². The number of nitrogens with one attached hydrogen (secondary N) is 1. The summed E-state index contributed by atoms with van der Waals surface area (Å²) in [6.45, 7) is 5.05. The number of hydrogen-bond donors (Lipinski definition) is 1. The van der Waals surface area contributed by atoms with Crippen LogP contribution in [-0.2, 0) is 4.79 Å². The van der Waals surface area contributed by atoms with E-state index < -0.39 is 0 Å². The molecule has 0 aromatic carbocycles. The fourth-order valence-corrected chi connectivity index (χ4v) is 2.45. The molecule has 1 aliphatic rings. The lowest BCUT2D eigenvalue weighted by Gasteiger charge is -2.35. The van der Waals surface area contributed by atoms with E-state index in [0.29, 0.717) is 18.9 Å². The first-order valence-electron chi connectivity index (χ1n) is 7.33. The molecule has 1 aliphatic heterocycles. The zero-order valence-electron chi connectivity index (χ0n) is 12.5. The minimum atomic E-state index is 0.0707. The Balaban J connectivity index is 1.47.